The Balaban J connectivity index is 2.26. The van der Waals surface area contributed by atoms with Crippen LogP contribution >= 0.6 is 11.6 Å². The summed E-state index contributed by atoms with van der Waals surface area (Å²) in [6.45, 7) is 4.32. The van der Waals surface area contributed by atoms with Gasteiger partial charge < -0.3 is 10.6 Å². The van der Waals surface area contributed by atoms with Gasteiger partial charge in [0.15, 0.2) is 9.84 Å². The monoisotopic (exact) mass is 302 g/mol. The van der Waals surface area contributed by atoms with Crippen LogP contribution < -0.4 is 10.6 Å². The van der Waals surface area contributed by atoms with Crippen LogP contribution in [-0.4, -0.2) is 32.5 Å². The number of halogens is 1. The maximum atomic E-state index is 11.6. The highest BCUT2D eigenvalue weighted by atomic mass is 35.5. The van der Waals surface area contributed by atoms with Gasteiger partial charge in [-0.1, -0.05) is 17.7 Å². The number of hydrogen-bond donors (Lipinski definition) is 1. The Morgan fingerprint density at radius 1 is 1.47 bits per heavy atom. The van der Waals surface area contributed by atoms with Crippen molar-refractivity contribution in [2.45, 2.75) is 25.9 Å². The van der Waals surface area contributed by atoms with E-state index in [1.807, 2.05) is 32.0 Å². The van der Waals surface area contributed by atoms with Gasteiger partial charge in [0, 0.05) is 29.3 Å². The van der Waals surface area contributed by atoms with Crippen LogP contribution in [0, 0.1) is 0 Å². The summed E-state index contributed by atoms with van der Waals surface area (Å²) in [7, 11) is -2.90. The van der Waals surface area contributed by atoms with E-state index in [2.05, 4.69) is 4.90 Å². The van der Waals surface area contributed by atoms with Crippen LogP contribution in [0.5, 0.6) is 0 Å². The minimum absolute atomic E-state index is 0.0315. The molecule has 1 aromatic carbocycles. The second-order valence-electron chi connectivity index (χ2n) is 5.15. The van der Waals surface area contributed by atoms with Gasteiger partial charge in [0.1, 0.15) is 0 Å². The van der Waals surface area contributed by atoms with Gasteiger partial charge in [-0.05, 0) is 31.5 Å². The zero-order chi connectivity index (χ0) is 14.2. The fourth-order valence-electron chi connectivity index (χ4n) is 2.45. The molecule has 1 saturated heterocycles. The molecule has 0 amide bonds. The Labute approximate surface area is 119 Å². The normalized spacial score (nSPS) is 24.2. The average Bonchev–Trinajstić information content (AvgIpc) is 2.26. The Bertz CT molecular complexity index is 572. The third-order valence-corrected chi connectivity index (χ3v) is 5.60. The van der Waals surface area contributed by atoms with E-state index in [4.69, 9.17) is 17.3 Å². The second-order valence-corrected chi connectivity index (χ2v) is 7.79. The fraction of sp³-hybridized carbons (Fsp3) is 0.538. The lowest BCUT2D eigenvalue weighted by atomic mass is 10.1. The molecule has 0 spiro atoms. The molecule has 19 heavy (non-hydrogen) atoms. The Morgan fingerprint density at radius 2 is 2.16 bits per heavy atom. The lowest BCUT2D eigenvalue weighted by molar-refractivity contribution is 0.568. The van der Waals surface area contributed by atoms with E-state index in [0.29, 0.717) is 11.6 Å². The van der Waals surface area contributed by atoms with E-state index in [0.717, 1.165) is 11.3 Å². The van der Waals surface area contributed by atoms with Crippen molar-refractivity contribution in [3.8, 4) is 0 Å². The summed E-state index contributed by atoms with van der Waals surface area (Å²) in [4.78, 5) is 2.08. The number of nitrogens with two attached hydrogens (primary N) is 1. The number of nitrogens with zero attached hydrogens (tertiary/aromatic N) is 1. The van der Waals surface area contributed by atoms with Gasteiger partial charge in [0.25, 0.3) is 0 Å². The maximum absolute atomic E-state index is 11.6. The predicted molar refractivity (Wildman–Crippen MR) is 79.5 cm³/mol. The molecule has 4 nitrogen and oxygen atoms in total. The molecule has 2 unspecified atom stereocenters. The van der Waals surface area contributed by atoms with Crippen LogP contribution in [0.25, 0.3) is 0 Å². The maximum Gasteiger partial charge on any atom is 0.154 e. The Kier molecular flexibility index (Phi) is 4.08. The zero-order valence-electron chi connectivity index (χ0n) is 11.1. The molecular weight excluding hydrogens is 284 g/mol. The third-order valence-electron chi connectivity index (χ3n) is 3.48. The first-order valence-electron chi connectivity index (χ1n) is 6.32. The van der Waals surface area contributed by atoms with Crippen LogP contribution in [0.2, 0.25) is 5.02 Å². The predicted octanol–water partition coefficient (Wildman–Crippen LogP) is 1.98. The summed E-state index contributed by atoms with van der Waals surface area (Å²) < 4.78 is 23.2. The van der Waals surface area contributed by atoms with Crippen LogP contribution in [0.4, 0.5) is 5.69 Å². The van der Waals surface area contributed by atoms with Gasteiger partial charge >= 0.3 is 0 Å². The second kappa shape index (κ2) is 5.31. The molecule has 1 fully saturated rings. The molecule has 0 bridgehead atoms. The minimum atomic E-state index is -2.90. The molecule has 0 aromatic heterocycles. The minimum Gasteiger partial charge on any atom is -0.367 e. The molecule has 6 heteroatoms. The first kappa shape index (κ1) is 14.6. The average molecular weight is 303 g/mol. The van der Waals surface area contributed by atoms with Crippen molar-refractivity contribution in [1.29, 1.82) is 0 Å². The lowest BCUT2D eigenvalue weighted by Gasteiger charge is -2.35. The molecule has 0 saturated carbocycles. The van der Waals surface area contributed by atoms with Crippen LogP contribution in [0.15, 0.2) is 18.2 Å². The molecule has 0 radical (unpaired) electrons. The number of hydrogen-bond acceptors (Lipinski definition) is 4. The van der Waals surface area contributed by atoms with Crippen LogP contribution in [-0.2, 0) is 9.84 Å². The van der Waals surface area contributed by atoms with E-state index >= 15 is 0 Å². The molecule has 2 rings (SSSR count). The summed E-state index contributed by atoms with van der Waals surface area (Å²) in [6.07, 6.45) is 0. The third kappa shape index (κ3) is 3.22. The van der Waals surface area contributed by atoms with E-state index in [1.54, 1.807) is 0 Å². The van der Waals surface area contributed by atoms with Gasteiger partial charge in [-0.15, -0.1) is 0 Å². The van der Waals surface area contributed by atoms with E-state index in [-0.39, 0.29) is 23.6 Å². The van der Waals surface area contributed by atoms with Crippen molar-refractivity contribution in [2.24, 2.45) is 5.73 Å². The van der Waals surface area contributed by atoms with Crippen molar-refractivity contribution >= 4 is 27.1 Å². The summed E-state index contributed by atoms with van der Waals surface area (Å²) in [5.74, 6) is 0.393. The molecule has 1 aliphatic heterocycles. The van der Waals surface area contributed by atoms with Crippen molar-refractivity contribution < 1.29 is 8.42 Å². The number of rotatable bonds is 2. The topological polar surface area (TPSA) is 63.4 Å². The molecule has 1 aliphatic rings. The summed E-state index contributed by atoms with van der Waals surface area (Å²) in [5, 5.41) is 0.633. The van der Waals surface area contributed by atoms with Crippen LogP contribution in [0.1, 0.15) is 25.5 Å². The smallest absolute Gasteiger partial charge is 0.154 e. The molecule has 1 heterocycles. The van der Waals surface area contributed by atoms with Gasteiger partial charge in [0.2, 0.25) is 0 Å². The van der Waals surface area contributed by atoms with E-state index < -0.39 is 9.84 Å². The number of anilines is 1. The van der Waals surface area contributed by atoms with Crippen molar-refractivity contribution in [3.05, 3.63) is 28.8 Å². The fourth-order valence-corrected chi connectivity index (χ4v) is 4.35. The lowest BCUT2D eigenvalue weighted by Crippen LogP contribution is -2.47. The SMILES string of the molecule is CC(N)c1ccc(N2CCS(=O)(=O)CC2C)cc1Cl. The first-order valence-corrected chi connectivity index (χ1v) is 8.52. The van der Waals surface area contributed by atoms with Crippen molar-refractivity contribution in [3.63, 3.8) is 0 Å². The van der Waals surface area contributed by atoms with Crippen LogP contribution in [0.3, 0.4) is 0 Å². The Hall–Kier alpha value is -0.780. The van der Waals surface area contributed by atoms with Gasteiger partial charge in [-0.3, -0.25) is 0 Å². The summed E-state index contributed by atoms with van der Waals surface area (Å²) >= 11 is 6.22. The molecule has 106 valence electrons. The summed E-state index contributed by atoms with van der Waals surface area (Å²) in [6, 6.07) is 5.60. The van der Waals surface area contributed by atoms with Gasteiger partial charge in [-0.25, -0.2) is 8.42 Å². The standard InChI is InChI=1S/C13H19ClN2O2S/c1-9-8-19(17,18)6-5-16(9)11-3-4-12(10(2)15)13(14)7-11/h3-4,7,9-10H,5-6,8,15H2,1-2H3. The molecule has 2 N–H and O–H groups in total. The highest BCUT2D eigenvalue weighted by Crippen LogP contribution is 2.29. The zero-order valence-corrected chi connectivity index (χ0v) is 12.7. The van der Waals surface area contributed by atoms with E-state index in [1.165, 1.54) is 0 Å². The van der Waals surface area contributed by atoms with Gasteiger partial charge in [-0.2, -0.15) is 0 Å². The number of benzene rings is 1. The molecular formula is C13H19ClN2O2S. The quantitative estimate of drug-likeness (QED) is 0.907. The first-order chi connectivity index (χ1) is 8.80. The molecule has 2 atom stereocenters. The van der Waals surface area contributed by atoms with Gasteiger partial charge in [0.05, 0.1) is 11.5 Å². The largest absolute Gasteiger partial charge is 0.367 e. The number of sulfone groups is 1. The summed E-state index contributed by atoms with van der Waals surface area (Å²) in [5.41, 5.74) is 7.69. The highest BCUT2D eigenvalue weighted by Gasteiger charge is 2.28. The van der Waals surface area contributed by atoms with Crippen molar-refractivity contribution in [1.82, 2.24) is 0 Å². The molecule has 0 aliphatic carbocycles. The Morgan fingerprint density at radius 3 is 2.68 bits per heavy atom. The van der Waals surface area contributed by atoms with Crippen molar-refractivity contribution in [2.75, 3.05) is 23.0 Å². The van der Waals surface area contributed by atoms with E-state index in [9.17, 15) is 8.42 Å². The highest BCUT2D eigenvalue weighted by molar-refractivity contribution is 7.91. The molecule has 1 aromatic rings.